The Morgan fingerprint density at radius 3 is 3.06 bits per heavy atom. The Morgan fingerprint density at radius 2 is 2.29 bits per heavy atom. The zero-order valence-corrected chi connectivity index (χ0v) is 10.4. The van der Waals surface area contributed by atoms with Gasteiger partial charge in [-0.2, -0.15) is 4.57 Å². The molecular weight excluding hydrogens is 216 g/mol. The maximum atomic E-state index is 8.44. The molecule has 0 fully saturated rings. The van der Waals surface area contributed by atoms with Crippen molar-refractivity contribution in [1.82, 2.24) is 0 Å². The quantitative estimate of drug-likeness (QED) is 0.248. The second kappa shape index (κ2) is 8.70. The van der Waals surface area contributed by atoms with Crippen LogP contribution in [-0.2, 0) is 11.5 Å². The highest BCUT2D eigenvalue weighted by atomic mass is 16.5. The molecule has 0 aromatic carbocycles. The normalized spacial score (nSPS) is 11.1. The van der Waals surface area contributed by atoms with E-state index in [1.54, 1.807) is 0 Å². The van der Waals surface area contributed by atoms with Crippen molar-refractivity contribution in [2.24, 2.45) is 5.16 Å². The van der Waals surface area contributed by atoms with Gasteiger partial charge in [-0.05, 0) is 12.5 Å². The Hall–Kier alpha value is -1.42. The van der Waals surface area contributed by atoms with Crippen LogP contribution in [0.4, 0.5) is 0 Å². The third-order valence-corrected chi connectivity index (χ3v) is 2.47. The average molecular weight is 237 g/mol. The molecule has 0 spiro atoms. The highest BCUT2D eigenvalue weighted by molar-refractivity contribution is 5.77. The number of hydrogen-bond acceptors (Lipinski definition) is 3. The highest BCUT2D eigenvalue weighted by Crippen LogP contribution is 1.98. The van der Waals surface area contributed by atoms with Crippen molar-refractivity contribution in [1.29, 1.82) is 0 Å². The van der Waals surface area contributed by atoms with Crippen LogP contribution in [0.15, 0.2) is 29.7 Å². The molecule has 0 saturated heterocycles. The number of pyridine rings is 1. The van der Waals surface area contributed by atoms with Gasteiger partial charge in [0.15, 0.2) is 12.4 Å². The van der Waals surface area contributed by atoms with E-state index in [-0.39, 0.29) is 0 Å². The predicted octanol–water partition coefficient (Wildman–Crippen LogP) is 2.34. The number of aromatic nitrogens is 1. The van der Waals surface area contributed by atoms with Crippen LogP contribution in [0, 0.1) is 0 Å². The van der Waals surface area contributed by atoms with Crippen LogP contribution in [0.25, 0.3) is 0 Å². The summed E-state index contributed by atoms with van der Waals surface area (Å²) in [4.78, 5) is 0. The van der Waals surface area contributed by atoms with Gasteiger partial charge < -0.3 is 9.94 Å². The van der Waals surface area contributed by atoms with Gasteiger partial charge in [-0.1, -0.05) is 31.3 Å². The second-order valence-electron chi connectivity index (χ2n) is 3.99. The third kappa shape index (κ3) is 6.02. The van der Waals surface area contributed by atoms with Crippen molar-refractivity contribution in [3.8, 4) is 0 Å². The van der Waals surface area contributed by atoms with Crippen LogP contribution in [0.1, 0.15) is 38.2 Å². The number of ether oxygens (including phenoxy) is 1. The lowest BCUT2D eigenvalue weighted by atomic mass is 10.2. The first-order valence-corrected chi connectivity index (χ1v) is 6.11. The molecule has 1 aromatic heterocycles. The summed E-state index contributed by atoms with van der Waals surface area (Å²) < 4.78 is 7.48. The molecule has 94 valence electrons. The van der Waals surface area contributed by atoms with Crippen LogP contribution in [-0.4, -0.2) is 18.0 Å². The van der Waals surface area contributed by atoms with E-state index in [4.69, 9.17) is 9.94 Å². The summed E-state index contributed by atoms with van der Waals surface area (Å²) in [5, 5.41) is 11.4. The smallest absolute Gasteiger partial charge is 0.252 e. The van der Waals surface area contributed by atoms with Gasteiger partial charge in [0, 0.05) is 6.07 Å². The van der Waals surface area contributed by atoms with Gasteiger partial charge in [0.1, 0.15) is 0 Å². The molecule has 17 heavy (non-hydrogen) atoms. The number of oxime groups is 1. The molecule has 1 heterocycles. The molecule has 0 aliphatic rings. The van der Waals surface area contributed by atoms with Crippen molar-refractivity contribution in [2.75, 3.05) is 6.61 Å². The Morgan fingerprint density at radius 1 is 1.41 bits per heavy atom. The molecule has 4 heteroatoms. The minimum Gasteiger partial charge on any atom is -0.411 e. The summed E-state index contributed by atoms with van der Waals surface area (Å²) in [5.74, 6) is 0. The van der Waals surface area contributed by atoms with Crippen molar-refractivity contribution < 1.29 is 14.5 Å². The fourth-order valence-corrected chi connectivity index (χ4v) is 1.57. The van der Waals surface area contributed by atoms with Gasteiger partial charge >= 0.3 is 0 Å². The highest BCUT2D eigenvalue weighted by Gasteiger charge is 2.00. The van der Waals surface area contributed by atoms with Crippen LogP contribution >= 0.6 is 0 Å². The van der Waals surface area contributed by atoms with E-state index >= 15 is 0 Å². The number of nitrogens with zero attached hydrogens (tertiary/aromatic N) is 2. The first-order valence-electron chi connectivity index (χ1n) is 6.11. The molecule has 0 amide bonds. The fourth-order valence-electron chi connectivity index (χ4n) is 1.57. The first kappa shape index (κ1) is 13.6. The molecule has 1 N–H and O–H groups in total. The Balaban J connectivity index is 2.24. The van der Waals surface area contributed by atoms with Gasteiger partial charge in [-0.25, -0.2) is 0 Å². The Labute approximate surface area is 103 Å². The summed E-state index contributed by atoms with van der Waals surface area (Å²) >= 11 is 0. The van der Waals surface area contributed by atoms with E-state index in [1.807, 2.05) is 29.1 Å². The molecule has 0 radical (unpaired) electrons. The van der Waals surface area contributed by atoms with Gasteiger partial charge in [-0.15, -0.1) is 0 Å². The number of rotatable bonds is 8. The molecule has 4 nitrogen and oxygen atoms in total. The largest absolute Gasteiger partial charge is 0.411 e. The van der Waals surface area contributed by atoms with Gasteiger partial charge in [0.2, 0.25) is 0 Å². The van der Waals surface area contributed by atoms with E-state index in [0.29, 0.717) is 6.73 Å². The van der Waals surface area contributed by atoms with E-state index in [9.17, 15) is 0 Å². The van der Waals surface area contributed by atoms with Crippen molar-refractivity contribution in [3.63, 3.8) is 0 Å². The Kier molecular flexibility index (Phi) is 6.98. The summed E-state index contributed by atoms with van der Waals surface area (Å²) in [6.45, 7) is 3.54. The molecule has 1 rings (SSSR count). The zero-order chi connectivity index (χ0) is 12.3. The van der Waals surface area contributed by atoms with Gasteiger partial charge in [0.05, 0.1) is 18.4 Å². The Bertz CT molecular complexity index is 340. The first-order chi connectivity index (χ1) is 8.36. The fraction of sp³-hybridized carbons (Fsp3) is 0.538. The molecule has 0 atom stereocenters. The molecule has 0 unspecified atom stereocenters. The van der Waals surface area contributed by atoms with E-state index in [0.717, 1.165) is 18.6 Å². The van der Waals surface area contributed by atoms with Gasteiger partial charge in [-0.3, -0.25) is 0 Å². The zero-order valence-electron chi connectivity index (χ0n) is 10.4. The SMILES string of the molecule is CCCCCCOC[n+]1cccc(/C=N/O)c1. The van der Waals surface area contributed by atoms with Crippen LogP contribution in [0.3, 0.4) is 0 Å². The van der Waals surface area contributed by atoms with Crippen molar-refractivity contribution in [3.05, 3.63) is 30.1 Å². The third-order valence-electron chi connectivity index (χ3n) is 2.47. The average Bonchev–Trinajstić information content (AvgIpc) is 2.35. The topological polar surface area (TPSA) is 45.7 Å². The molecule has 1 aromatic rings. The maximum absolute atomic E-state index is 8.44. The lowest BCUT2D eigenvalue weighted by Crippen LogP contribution is -2.34. The number of hydrogen-bond donors (Lipinski definition) is 1. The van der Waals surface area contributed by atoms with Crippen LogP contribution in [0.5, 0.6) is 0 Å². The monoisotopic (exact) mass is 237 g/mol. The summed E-state index contributed by atoms with van der Waals surface area (Å²) in [5.41, 5.74) is 0.851. The number of unbranched alkanes of at least 4 members (excludes halogenated alkanes) is 3. The van der Waals surface area contributed by atoms with Crippen LogP contribution in [0.2, 0.25) is 0 Å². The molecular formula is C13H21N2O2+. The van der Waals surface area contributed by atoms with E-state index < -0.39 is 0 Å². The second-order valence-corrected chi connectivity index (χ2v) is 3.99. The summed E-state index contributed by atoms with van der Waals surface area (Å²) in [6.07, 6.45) is 10.1. The van der Waals surface area contributed by atoms with E-state index in [2.05, 4.69) is 12.1 Å². The van der Waals surface area contributed by atoms with Crippen molar-refractivity contribution >= 4 is 6.21 Å². The minimum absolute atomic E-state index is 0.541. The molecule has 0 bridgehead atoms. The van der Waals surface area contributed by atoms with E-state index in [1.165, 1.54) is 25.5 Å². The molecule has 0 aliphatic heterocycles. The molecule has 0 aliphatic carbocycles. The lowest BCUT2D eigenvalue weighted by Gasteiger charge is -2.01. The minimum atomic E-state index is 0.541. The summed E-state index contributed by atoms with van der Waals surface area (Å²) in [6, 6.07) is 3.77. The lowest BCUT2D eigenvalue weighted by molar-refractivity contribution is -0.732. The summed E-state index contributed by atoms with van der Waals surface area (Å²) in [7, 11) is 0. The van der Waals surface area contributed by atoms with Gasteiger partial charge in [0.25, 0.3) is 6.73 Å². The predicted molar refractivity (Wildman–Crippen MR) is 66.1 cm³/mol. The maximum Gasteiger partial charge on any atom is 0.252 e. The molecule has 0 saturated carbocycles. The standard InChI is InChI=1S/C13H20N2O2/c1-2-3-4-5-9-17-12-15-8-6-7-13(11-15)10-14-16/h6-8,10-11H,2-5,9,12H2,1H3/p+1/b14-10+. The van der Waals surface area contributed by atoms with Crippen LogP contribution < -0.4 is 4.57 Å². The van der Waals surface area contributed by atoms with Crippen molar-refractivity contribution in [2.45, 2.75) is 39.3 Å².